The number of nitrogens with two attached hydrogens (primary N) is 1. The van der Waals surface area contributed by atoms with E-state index in [0.717, 1.165) is 19.3 Å². The standard InChI is InChI=1S/C11H23NO2/c1-8(2)11(14-4)6-5-10(3,13)9(12)7-11/h8-9,13H,5-7,12H2,1-4H3/t9-,10-,11-/m1/s1. The van der Waals surface area contributed by atoms with Crippen LogP contribution in [-0.4, -0.2) is 29.5 Å². The predicted octanol–water partition coefficient (Wildman–Crippen LogP) is 1.29. The number of ether oxygens (including phenoxy) is 1. The average molecular weight is 201 g/mol. The molecule has 3 heteroatoms. The van der Waals surface area contributed by atoms with E-state index in [1.807, 2.05) is 6.92 Å². The molecule has 3 nitrogen and oxygen atoms in total. The number of hydrogen-bond donors (Lipinski definition) is 2. The summed E-state index contributed by atoms with van der Waals surface area (Å²) in [5, 5.41) is 9.97. The topological polar surface area (TPSA) is 55.5 Å². The lowest BCUT2D eigenvalue weighted by Gasteiger charge is -2.47. The quantitative estimate of drug-likeness (QED) is 0.708. The number of hydrogen-bond acceptors (Lipinski definition) is 3. The summed E-state index contributed by atoms with van der Waals surface area (Å²) < 4.78 is 5.61. The molecule has 0 unspecified atom stereocenters. The maximum atomic E-state index is 9.97. The minimum Gasteiger partial charge on any atom is -0.389 e. The van der Waals surface area contributed by atoms with Crippen molar-refractivity contribution in [2.24, 2.45) is 11.7 Å². The van der Waals surface area contributed by atoms with Gasteiger partial charge < -0.3 is 15.6 Å². The molecule has 1 aliphatic rings. The van der Waals surface area contributed by atoms with Gasteiger partial charge in [0, 0.05) is 13.2 Å². The highest BCUT2D eigenvalue weighted by atomic mass is 16.5. The van der Waals surface area contributed by atoms with Gasteiger partial charge in [-0.15, -0.1) is 0 Å². The summed E-state index contributed by atoms with van der Waals surface area (Å²) in [7, 11) is 1.74. The van der Waals surface area contributed by atoms with E-state index < -0.39 is 5.60 Å². The molecule has 1 fully saturated rings. The fourth-order valence-corrected chi connectivity index (χ4v) is 2.29. The molecule has 0 saturated heterocycles. The first-order chi connectivity index (χ1) is 6.34. The van der Waals surface area contributed by atoms with Crippen LogP contribution >= 0.6 is 0 Å². The summed E-state index contributed by atoms with van der Waals surface area (Å²) in [6, 6.07) is -0.182. The molecule has 0 aromatic carbocycles. The van der Waals surface area contributed by atoms with Gasteiger partial charge in [0.05, 0.1) is 11.2 Å². The summed E-state index contributed by atoms with van der Waals surface area (Å²) in [6.07, 6.45) is 2.36. The molecule has 0 aliphatic heterocycles. The van der Waals surface area contributed by atoms with E-state index in [1.165, 1.54) is 0 Å². The molecule has 1 saturated carbocycles. The molecule has 84 valence electrons. The van der Waals surface area contributed by atoms with Crippen LogP contribution in [0.25, 0.3) is 0 Å². The van der Waals surface area contributed by atoms with Gasteiger partial charge in [0.2, 0.25) is 0 Å². The third-order valence-corrected chi connectivity index (χ3v) is 3.88. The molecule has 0 amide bonds. The van der Waals surface area contributed by atoms with Crippen LogP contribution in [0.5, 0.6) is 0 Å². The van der Waals surface area contributed by atoms with Crippen molar-refractivity contribution in [3.63, 3.8) is 0 Å². The third kappa shape index (κ3) is 1.95. The first-order valence-corrected chi connectivity index (χ1v) is 5.37. The lowest BCUT2D eigenvalue weighted by Crippen LogP contribution is -2.57. The highest BCUT2D eigenvalue weighted by molar-refractivity contribution is 5.01. The Morgan fingerprint density at radius 1 is 1.43 bits per heavy atom. The first-order valence-electron chi connectivity index (χ1n) is 5.37. The van der Waals surface area contributed by atoms with Gasteiger partial charge in [-0.2, -0.15) is 0 Å². The van der Waals surface area contributed by atoms with Crippen molar-refractivity contribution in [3.05, 3.63) is 0 Å². The van der Waals surface area contributed by atoms with Crippen molar-refractivity contribution >= 4 is 0 Å². The lowest BCUT2D eigenvalue weighted by molar-refractivity contribution is -0.126. The zero-order valence-electron chi connectivity index (χ0n) is 9.71. The normalized spacial score (nSPS) is 44.4. The monoisotopic (exact) mass is 201 g/mol. The van der Waals surface area contributed by atoms with Crippen LogP contribution < -0.4 is 5.73 Å². The Hall–Kier alpha value is -0.120. The maximum absolute atomic E-state index is 9.97. The summed E-state index contributed by atoms with van der Waals surface area (Å²) in [5.41, 5.74) is 5.11. The lowest BCUT2D eigenvalue weighted by atomic mass is 9.69. The van der Waals surface area contributed by atoms with E-state index in [0.29, 0.717) is 5.92 Å². The van der Waals surface area contributed by atoms with Gasteiger partial charge in [0.1, 0.15) is 0 Å². The molecule has 3 atom stereocenters. The smallest absolute Gasteiger partial charge is 0.0772 e. The van der Waals surface area contributed by atoms with Crippen LogP contribution in [0.4, 0.5) is 0 Å². The van der Waals surface area contributed by atoms with E-state index in [2.05, 4.69) is 13.8 Å². The van der Waals surface area contributed by atoms with Crippen LogP contribution in [0, 0.1) is 5.92 Å². The molecule has 0 aromatic rings. The van der Waals surface area contributed by atoms with Crippen LogP contribution in [0.1, 0.15) is 40.0 Å². The molecule has 0 aromatic heterocycles. The minimum absolute atomic E-state index is 0.137. The van der Waals surface area contributed by atoms with E-state index in [1.54, 1.807) is 7.11 Å². The fraction of sp³-hybridized carbons (Fsp3) is 1.00. The summed E-state index contributed by atoms with van der Waals surface area (Å²) in [4.78, 5) is 0. The van der Waals surface area contributed by atoms with Gasteiger partial charge in [0.25, 0.3) is 0 Å². The zero-order chi connectivity index (χ0) is 11.0. The van der Waals surface area contributed by atoms with Gasteiger partial charge in [0.15, 0.2) is 0 Å². The SMILES string of the molecule is CO[C@]1(C(C)C)CC[C@@](C)(O)[C@H](N)C1. The predicted molar refractivity (Wildman–Crippen MR) is 57.0 cm³/mol. The highest BCUT2D eigenvalue weighted by Gasteiger charge is 2.46. The van der Waals surface area contributed by atoms with E-state index in [9.17, 15) is 5.11 Å². The molecule has 14 heavy (non-hydrogen) atoms. The second kappa shape index (κ2) is 3.80. The van der Waals surface area contributed by atoms with E-state index in [4.69, 9.17) is 10.5 Å². The molecule has 0 spiro atoms. The van der Waals surface area contributed by atoms with Crippen molar-refractivity contribution in [2.45, 2.75) is 57.3 Å². The number of methoxy groups -OCH3 is 1. The Labute approximate surface area is 86.6 Å². The van der Waals surface area contributed by atoms with Crippen molar-refractivity contribution in [2.75, 3.05) is 7.11 Å². The molecule has 0 radical (unpaired) electrons. The Morgan fingerprint density at radius 2 is 2.00 bits per heavy atom. The van der Waals surface area contributed by atoms with E-state index >= 15 is 0 Å². The van der Waals surface area contributed by atoms with Crippen molar-refractivity contribution in [1.29, 1.82) is 0 Å². The number of aliphatic hydroxyl groups is 1. The van der Waals surface area contributed by atoms with Gasteiger partial charge in [-0.3, -0.25) is 0 Å². The Balaban J connectivity index is 2.78. The van der Waals surface area contributed by atoms with Gasteiger partial charge >= 0.3 is 0 Å². The van der Waals surface area contributed by atoms with Crippen LogP contribution in [-0.2, 0) is 4.74 Å². The molecule has 1 aliphatic carbocycles. The zero-order valence-corrected chi connectivity index (χ0v) is 9.71. The second-order valence-corrected chi connectivity index (χ2v) is 5.09. The van der Waals surface area contributed by atoms with Crippen molar-refractivity contribution < 1.29 is 9.84 Å². The van der Waals surface area contributed by atoms with Crippen LogP contribution in [0.2, 0.25) is 0 Å². The highest BCUT2D eigenvalue weighted by Crippen LogP contribution is 2.40. The fourth-order valence-electron chi connectivity index (χ4n) is 2.29. The molecule has 0 heterocycles. The summed E-state index contributed by atoms with van der Waals surface area (Å²) in [6.45, 7) is 6.12. The summed E-state index contributed by atoms with van der Waals surface area (Å²) >= 11 is 0. The molecule has 0 bridgehead atoms. The average Bonchev–Trinajstić information content (AvgIpc) is 2.10. The maximum Gasteiger partial charge on any atom is 0.0772 e. The molecule has 3 N–H and O–H groups in total. The van der Waals surface area contributed by atoms with Crippen molar-refractivity contribution in [3.8, 4) is 0 Å². The first kappa shape index (κ1) is 12.0. The molecular weight excluding hydrogens is 178 g/mol. The molecular formula is C11H23NO2. The van der Waals surface area contributed by atoms with Crippen molar-refractivity contribution in [1.82, 2.24) is 0 Å². The van der Waals surface area contributed by atoms with Crippen LogP contribution in [0.15, 0.2) is 0 Å². The third-order valence-electron chi connectivity index (χ3n) is 3.88. The van der Waals surface area contributed by atoms with Gasteiger partial charge in [-0.05, 0) is 32.1 Å². The molecule has 1 rings (SSSR count). The Kier molecular flexibility index (Phi) is 3.24. The van der Waals surface area contributed by atoms with E-state index in [-0.39, 0.29) is 11.6 Å². The van der Waals surface area contributed by atoms with Gasteiger partial charge in [-0.1, -0.05) is 13.8 Å². The van der Waals surface area contributed by atoms with Gasteiger partial charge in [-0.25, -0.2) is 0 Å². The number of rotatable bonds is 2. The summed E-state index contributed by atoms with van der Waals surface area (Å²) in [5.74, 6) is 0.439. The minimum atomic E-state index is -0.725. The second-order valence-electron chi connectivity index (χ2n) is 5.09. The Morgan fingerprint density at radius 3 is 2.36 bits per heavy atom. The van der Waals surface area contributed by atoms with Crippen LogP contribution in [0.3, 0.4) is 0 Å². The Bertz CT molecular complexity index is 203. The largest absolute Gasteiger partial charge is 0.389 e.